The number of para-hydroxylation sites is 1. The molecule has 0 spiro atoms. The molecular formula is C24H23N5O4S. The summed E-state index contributed by atoms with van der Waals surface area (Å²) in [5, 5.41) is 7.19. The van der Waals surface area contributed by atoms with Crippen LogP contribution in [-0.4, -0.2) is 41.3 Å². The van der Waals surface area contributed by atoms with Gasteiger partial charge in [0, 0.05) is 17.2 Å². The molecule has 174 valence electrons. The van der Waals surface area contributed by atoms with Crippen LogP contribution in [0.4, 0.5) is 11.6 Å². The number of anilines is 2. The van der Waals surface area contributed by atoms with Gasteiger partial charge in [-0.25, -0.2) is 12.9 Å². The predicted molar refractivity (Wildman–Crippen MR) is 129 cm³/mol. The Morgan fingerprint density at radius 2 is 1.76 bits per heavy atom. The number of carbonyl (C=O) groups is 1. The van der Waals surface area contributed by atoms with Crippen LogP contribution < -0.4 is 14.8 Å². The Bertz CT molecular complexity index is 1420. The van der Waals surface area contributed by atoms with Gasteiger partial charge in [0.25, 0.3) is 0 Å². The predicted octanol–water partition coefficient (Wildman–Crippen LogP) is 3.57. The van der Waals surface area contributed by atoms with Crippen LogP contribution in [-0.2, 0) is 14.8 Å². The summed E-state index contributed by atoms with van der Waals surface area (Å²) in [7, 11) is -3.57. The maximum Gasteiger partial charge on any atom is 0.249 e. The standard InChI is InChI=1S/C24H23N5O4S/c30-23(18-9-10-18)26-24-25-22-8-4-7-21(29(22)27-24)17-11-13-19(14-12-17)28-34(31,32)16-15-33-20-5-2-1-3-6-20/h1-8,11-14,18,28H,9-10,15-16H2,(H,26,27,30). The van der Waals surface area contributed by atoms with Crippen LogP contribution in [0, 0.1) is 5.92 Å². The molecule has 2 heterocycles. The number of hydrogen-bond donors (Lipinski definition) is 2. The van der Waals surface area contributed by atoms with Crippen LogP contribution in [0.2, 0.25) is 0 Å². The molecule has 34 heavy (non-hydrogen) atoms. The highest BCUT2D eigenvalue weighted by Gasteiger charge is 2.30. The molecule has 0 saturated heterocycles. The Hall–Kier alpha value is -3.92. The van der Waals surface area contributed by atoms with Crippen LogP contribution >= 0.6 is 0 Å². The lowest BCUT2D eigenvalue weighted by Crippen LogP contribution is -2.21. The maximum atomic E-state index is 12.4. The van der Waals surface area contributed by atoms with E-state index in [1.807, 2.05) is 36.4 Å². The molecule has 1 fully saturated rings. The third kappa shape index (κ3) is 5.18. The Kier molecular flexibility index (Phi) is 5.89. The molecule has 0 atom stereocenters. The molecule has 10 heteroatoms. The van der Waals surface area contributed by atoms with Gasteiger partial charge in [-0.15, -0.1) is 5.10 Å². The maximum absolute atomic E-state index is 12.4. The highest BCUT2D eigenvalue weighted by Crippen LogP contribution is 2.30. The number of nitrogens with one attached hydrogen (secondary N) is 2. The fourth-order valence-corrected chi connectivity index (χ4v) is 4.36. The summed E-state index contributed by atoms with van der Waals surface area (Å²) in [6.45, 7) is 0.0470. The van der Waals surface area contributed by atoms with E-state index in [-0.39, 0.29) is 30.1 Å². The first-order chi connectivity index (χ1) is 16.5. The number of benzene rings is 2. The first-order valence-corrected chi connectivity index (χ1v) is 12.6. The number of pyridine rings is 1. The van der Waals surface area contributed by atoms with Gasteiger partial charge in [-0.05, 0) is 49.2 Å². The number of nitrogens with zero attached hydrogens (tertiary/aromatic N) is 3. The minimum Gasteiger partial charge on any atom is -0.492 e. The van der Waals surface area contributed by atoms with Gasteiger partial charge in [-0.3, -0.25) is 14.8 Å². The monoisotopic (exact) mass is 477 g/mol. The molecule has 0 bridgehead atoms. The molecule has 4 aromatic rings. The molecule has 2 aromatic heterocycles. The summed E-state index contributed by atoms with van der Waals surface area (Å²) >= 11 is 0. The van der Waals surface area contributed by atoms with E-state index in [4.69, 9.17) is 4.74 Å². The lowest BCUT2D eigenvalue weighted by atomic mass is 10.1. The summed E-state index contributed by atoms with van der Waals surface area (Å²) < 4.78 is 34.5. The molecule has 0 radical (unpaired) electrons. The van der Waals surface area contributed by atoms with Crippen molar-refractivity contribution in [1.82, 2.24) is 14.6 Å². The quantitative estimate of drug-likeness (QED) is 0.381. The van der Waals surface area contributed by atoms with E-state index >= 15 is 0 Å². The second-order valence-corrected chi connectivity index (χ2v) is 9.88. The number of rotatable bonds is 9. The van der Waals surface area contributed by atoms with E-state index in [1.54, 1.807) is 40.9 Å². The Balaban J connectivity index is 1.26. The number of aromatic nitrogens is 3. The zero-order valence-corrected chi connectivity index (χ0v) is 19.0. The molecule has 1 amide bonds. The number of amides is 1. The molecular weight excluding hydrogens is 454 g/mol. The summed E-state index contributed by atoms with van der Waals surface area (Å²) in [4.78, 5) is 16.4. The molecule has 2 N–H and O–H groups in total. The minimum absolute atomic E-state index is 0.0470. The van der Waals surface area contributed by atoms with Gasteiger partial charge >= 0.3 is 0 Å². The van der Waals surface area contributed by atoms with Gasteiger partial charge in [0.05, 0.1) is 5.69 Å². The first kappa shape index (κ1) is 21.9. The fraction of sp³-hybridized carbons (Fsp3) is 0.208. The van der Waals surface area contributed by atoms with Crippen LogP contribution in [0.25, 0.3) is 16.9 Å². The normalized spacial score (nSPS) is 13.5. The number of hydrogen-bond acceptors (Lipinski definition) is 6. The fourth-order valence-electron chi connectivity index (χ4n) is 3.46. The number of fused-ring (bicyclic) bond motifs is 1. The second kappa shape index (κ2) is 9.14. The smallest absolute Gasteiger partial charge is 0.249 e. The van der Waals surface area contributed by atoms with Gasteiger partial charge in [-0.2, -0.15) is 4.98 Å². The summed E-state index contributed by atoms with van der Waals surface area (Å²) in [5.41, 5.74) is 2.65. The number of carbonyl (C=O) groups excluding carboxylic acids is 1. The topological polar surface area (TPSA) is 115 Å². The van der Waals surface area contributed by atoms with Crippen LogP contribution in [0.3, 0.4) is 0 Å². The zero-order chi connectivity index (χ0) is 23.5. The SMILES string of the molecule is O=C(Nc1nc2cccc(-c3ccc(NS(=O)(=O)CCOc4ccccc4)cc3)n2n1)C1CC1. The van der Waals surface area contributed by atoms with Crippen molar-refractivity contribution in [2.75, 3.05) is 22.4 Å². The van der Waals surface area contributed by atoms with Crippen LogP contribution in [0.5, 0.6) is 5.75 Å². The third-order valence-corrected chi connectivity index (χ3v) is 6.61. The zero-order valence-electron chi connectivity index (χ0n) is 18.2. The van der Waals surface area contributed by atoms with Crippen molar-refractivity contribution in [1.29, 1.82) is 0 Å². The minimum atomic E-state index is -3.57. The van der Waals surface area contributed by atoms with Gasteiger partial charge in [-0.1, -0.05) is 36.4 Å². The van der Waals surface area contributed by atoms with E-state index < -0.39 is 10.0 Å². The first-order valence-electron chi connectivity index (χ1n) is 10.9. The lowest BCUT2D eigenvalue weighted by molar-refractivity contribution is -0.117. The second-order valence-electron chi connectivity index (χ2n) is 8.04. The van der Waals surface area contributed by atoms with Gasteiger partial charge in [0.2, 0.25) is 21.9 Å². The summed E-state index contributed by atoms with van der Waals surface area (Å²) in [6.07, 6.45) is 1.81. The van der Waals surface area contributed by atoms with Crippen molar-refractivity contribution in [3.63, 3.8) is 0 Å². The average Bonchev–Trinajstić information content (AvgIpc) is 3.60. The molecule has 9 nitrogen and oxygen atoms in total. The van der Waals surface area contributed by atoms with Crippen LogP contribution in [0.15, 0.2) is 72.8 Å². The highest BCUT2D eigenvalue weighted by atomic mass is 32.2. The summed E-state index contributed by atoms with van der Waals surface area (Å²) in [6, 6.07) is 21.6. The third-order valence-electron chi connectivity index (χ3n) is 5.36. The molecule has 0 aliphatic heterocycles. The number of ether oxygens (including phenoxy) is 1. The average molecular weight is 478 g/mol. The van der Waals surface area contributed by atoms with Crippen molar-refractivity contribution >= 4 is 33.2 Å². The molecule has 1 aliphatic carbocycles. The van der Waals surface area contributed by atoms with E-state index in [0.717, 1.165) is 24.1 Å². The largest absolute Gasteiger partial charge is 0.492 e. The van der Waals surface area contributed by atoms with Crippen molar-refractivity contribution in [2.45, 2.75) is 12.8 Å². The van der Waals surface area contributed by atoms with Crippen molar-refractivity contribution < 1.29 is 17.9 Å². The Labute approximate surface area is 196 Å². The van der Waals surface area contributed by atoms with Crippen molar-refractivity contribution in [3.05, 3.63) is 72.8 Å². The molecule has 0 unspecified atom stereocenters. The molecule has 5 rings (SSSR count). The van der Waals surface area contributed by atoms with Gasteiger partial charge < -0.3 is 4.74 Å². The highest BCUT2D eigenvalue weighted by molar-refractivity contribution is 7.92. The van der Waals surface area contributed by atoms with Crippen molar-refractivity contribution in [2.24, 2.45) is 5.92 Å². The van der Waals surface area contributed by atoms with Crippen molar-refractivity contribution in [3.8, 4) is 17.0 Å². The van der Waals surface area contributed by atoms with E-state index in [1.165, 1.54) is 0 Å². The lowest BCUT2D eigenvalue weighted by Gasteiger charge is -2.10. The molecule has 1 aliphatic rings. The van der Waals surface area contributed by atoms with Gasteiger partial charge in [0.1, 0.15) is 18.1 Å². The molecule has 2 aromatic carbocycles. The van der Waals surface area contributed by atoms with E-state index in [9.17, 15) is 13.2 Å². The number of sulfonamides is 1. The van der Waals surface area contributed by atoms with Gasteiger partial charge in [0.15, 0.2) is 5.65 Å². The van der Waals surface area contributed by atoms with E-state index in [0.29, 0.717) is 17.1 Å². The van der Waals surface area contributed by atoms with Crippen LogP contribution in [0.1, 0.15) is 12.8 Å². The Morgan fingerprint density at radius 1 is 1.00 bits per heavy atom. The Morgan fingerprint density at radius 3 is 2.50 bits per heavy atom. The molecule has 1 saturated carbocycles. The van der Waals surface area contributed by atoms with E-state index in [2.05, 4.69) is 20.1 Å². The summed E-state index contributed by atoms with van der Waals surface area (Å²) in [5.74, 6) is 0.735.